The smallest absolute Gasteiger partial charge is 0.124 e. The fraction of sp³-hybridized carbons (Fsp3) is 0.500. The number of thiophene rings is 1. The maximum Gasteiger partial charge on any atom is 0.124 e. The molecule has 0 unspecified atom stereocenters. The number of rotatable bonds is 3. The number of aryl methyl sites for hydroxylation is 3. The Labute approximate surface area is 173 Å². The van der Waals surface area contributed by atoms with E-state index in [-0.39, 0.29) is 0 Å². The molecule has 5 rings (SSSR count). The molecule has 2 aliphatic rings. The first-order valence-corrected chi connectivity index (χ1v) is 11.9. The molecule has 0 spiro atoms. The van der Waals surface area contributed by atoms with Crippen molar-refractivity contribution < 1.29 is 0 Å². The summed E-state index contributed by atoms with van der Waals surface area (Å²) in [7, 11) is 0. The Morgan fingerprint density at radius 3 is 2.61 bits per heavy atom. The quantitative estimate of drug-likeness (QED) is 0.455. The molecule has 0 radical (unpaired) electrons. The molecule has 0 fully saturated rings. The van der Waals surface area contributed by atoms with Crippen molar-refractivity contribution in [2.75, 3.05) is 0 Å². The van der Waals surface area contributed by atoms with Crippen LogP contribution in [0.2, 0.25) is 0 Å². The monoisotopic (exact) mass is 389 g/mol. The summed E-state index contributed by atoms with van der Waals surface area (Å²) in [5, 5.41) is 1.50. The van der Waals surface area contributed by atoms with E-state index >= 15 is 0 Å². The second-order valence-electron chi connectivity index (χ2n) is 9.45. The Kier molecular flexibility index (Phi) is 4.58. The minimum atomic E-state index is 0.397. The summed E-state index contributed by atoms with van der Waals surface area (Å²) in [4.78, 5) is 8.18. The molecule has 1 aromatic carbocycles. The Balaban J connectivity index is 1.77. The van der Waals surface area contributed by atoms with Crippen LogP contribution in [0.3, 0.4) is 0 Å². The lowest BCUT2D eigenvalue weighted by atomic mass is 9.68. The lowest BCUT2D eigenvalue weighted by Gasteiger charge is -2.37. The largest absolute Gasteiger partial charge is 0.242 e. The van der Waals surface area contributed by atoms with E-state index in [4.69, 9.17) is 4.98 Å². The average molecular weight is 390 g/mol. The highest BCUT2D eigenvalue weighted by Gasteiger charge is 2.34. The third-order valence-electron chi connectivity index (χ3n) is 7.55. The van der Waals surface area contributed by atoms with Gasteiger partial charge in [-0.3, -0.25) is 0 Å². The van der Waals surface area contributed by atoms with Crippen LogP contribution < -0.4 is 0 Å². The highest BCUT2D eigenvalue weighted by atomic mass is 32.1. The standard InChI is InChI=1S/C26H31NS/c1-4-26(2,3)18-14-15-21-20(16-18)23(17-10-6-5-7-11-17)24-19-12-8-9-13-22(19)28-25(24)27-21/h5-7,10-11,18H,4,8-9,12-16H2,1-3H3/t18-/m1/s1. The summed E-state index contributed by atoms with van der Waals surface area (Å²) in [5.41, 5.74) is 7.88. The number of nitrogens with zero attached hydrogens (tertiary/aromatic N) is 1. The lowest BCUT2D eigenvalue weighted by Crippen LogP contribution is -2.29. The van der Waals surface area contributed by atoms with E-state index in [9.17, 15) is 0 Å². The van der Waals surface area contributed by atoms with Crippen molar-refractivity contribution in [2.24, 2.45) is 11.3 Å². The molecule has 0 saturated carbocycles. The first-order valence-electron chi connectivity index (χ1n) is 11.1. The van der Waals surface area contributed by atoms with Crippen LogP contribution in [0.25, 0.3) is 21.3 Å². The lowest BCUT2D eigenvalue weighted by molar-refractivity contribution is 0.182. The maximum atomic E-state index is 5.27. The van der Waals surface area contributed by atoms with Gasteiger partial charge >= 0.3 is 0 Å². The molecule has 1 nitrogen and oxygen atoms in total. The minimum Gasteiger partial charge on any atom is -0.242 e. The van der Waals surface area contributed by atoms with Crippen molar-refractivity contribution in [1.29, 1.82) is 0 Å². The highest BCUT2D eigenvalue weighted by Crippen LogP contribution is 2.47. The minimum absolute atomic E-state index is 0.397. The fourth-order valence-corrected chi connectivity index (χ4v) is 6.63. The Bertz CT molecular complexity index is 1010. The van der Waals surface area contributed by atoms with Crippen LogP contribution in [0.15, 0.2) is 30.3 Å². The van der Waals surface area contributed by atoms with Gasteiger partial charge in [-0.1, -0.05) is 57.5 Å². The van der Waals surface area contributed by atoms with Crippen LogP contribution in [0.5, 0.6) is 0 Å². The summed E-state index contributed by atoms with van der Waals surface area (Å²) < 4.78 is 0. The van der Waals surface area contributed by atoms with Gasteiger partial charge in [-0.15, -0.1) is 11.3 Å². The van der Waals surface area contributed by atoms with Gasteiger partial charge in [-0.25, -0.2) is 4.98 Å². The van der Waals surface area contributed by atoms with Crippen LogP contribution >= 0.6 is 11.3 Å². The predicted molar refractivity (Wildman–Crippen MR) is 121 cm³/mol. The second-order valence-corrected chi connectivity index (χ2v) is 10.5. The molecule has 2 heteroatoms. The molecule has 28 heavy (non-hydrogen) atoms. The zero-order chi connectivity index (χ0) is 19.3. The summed E-state index contributed by atoms with van der Waals surface area (Å²) in [6.45, 7) is 7.27. The van der Waals surface area contributed by atoms with Gasteiger partial charge in [-0.05, 0) is 78.5 Å². The van der Waals surface area contributed by atoms with E-state index in [1.165, 1.54) is 72.0 Å². The summed E-state index contributed by atoms with van der Waals surface area (Å²) in [6.07, 6.45) is 10.0. The van der Waals surface area contributed by atoms with Crippen molar-refractivity contribution in [3.63, 3.8) is 0 Å². The first-order chi connectivity index (χ1) is 13.6. The molecule has 3 aromatic rings. The molecule has 2 aromatic heterocycles. The van der Waals surface area contributed by atoms with Crippen molar-refractivity contribution in [3.05, 3.63) is 52.0 Å². The van der Waals surface area contributed by atoms with Crippen LogP contribution in [-0.4, -0.2) is 4.98 Å². The van der Waals surface area contributed by atoms with Crippen LogP contribution in [0, 0.1) is 11.3 Å². The fourth-order valence-electron chi connectivity index (χ4n) is 5.34. The van der Waals surface area contributed by atoms with E-state index in [2.05, 4.69) is 51.1 Å². The van der Waals surface area contributed by atoms with Gasteiger partial charge < -0.3 is 0 Å². The van der Waals surface area contributed by atoms with Gasteiger partial charge in [0.2, 0.25) is 0 Å². The normalized spacial score (nSPS) is 19.5. The highest BCUT2D eigenvalue weighted by molar-refractivity contribution is 7.19. The molecular formula is C26H31NS. The van der Waals surface area contributed by atoms with Gasteiger partial charge in [0.1, 0.15) is 4.83 Å². The molecule has 2 aliphatic carbocycles. The first kappa shape index (κ1) is 18.4. The van der Waals surface area contributed by atoms with E-state index < -0.39 is 0 Å². The molecule has 2 heterocycles. The third kappa shape index (κ3) is 2.92. The SMILES string of the molecule is CCC(C)(C)[C@@H]1CCc2nc3sc4c(c3c(-c3ccccc3)c2C1)CCCC4. The van der Waals surface area contributed by atoms with Crippen molar-refractivity contribution in [3.8, 4) is 11.1 Å². The predicted octanol–water partition coefficient (Wildman–Crippen LogP) is 7.38. The molecule has 0 bridgehead atoms. The molecule has 1 atom stereocenters. The Morgan fingerprint density at radius 1 is 1.04 bits per heavy atom. The molecule has 0 saturated heterocycles. The average Bonchev–Trinajstić information content (AvgIpc) is 3.10. The van der Waals surface area contributed by atoms with Gasteiger partial charge in [0.15, 0.2) is 0 Å². The molecule has 0 N–H and O–H groups in total. The van der Waals surface area contributed by atoms with E-state index in [0.29, 0.717) is 5.41 Å². The van der Waals surface area contributed by atoms with Crippen molar-refractivity contribution in [1.82, 2.24) is 4.98 Å². The van der Waals surface area contributed by atoms with E-state index in [0.717, 1.165) is 12.3 Å². The summed E-state index contributed by atoms with van der Waals surface area (Å²) >= 11 is 1.98. The second kappa shape index (κ2) is 6.99. The third-order valence-corrected chi connectivity index (χ3v) is 8.73. The number of benzene rings is 1. The Morgan fingerprint density at radius 2 is 1.82 bits per heavy atom. The van der Waals surface area contributed by atoms with E-state index in [1.807, 2.05) is 11.3 Å². The number of pyridine rings is 1. The van der Waals surface area contributed by atoms with Gasteiger partial charge in [0.25, 0.3) is 0 Å². The maximum absolute atomic E-state index is 5.27. The van der Waals surface area contributed by atoms with E-state index in [1.54, 1.807) is 16.0 Å². The van der Waals surface area contributed by atoms with Crippen LogP contribution in [0.1, 0.15) is 68.2 Å². The van der Waals surface area contributed by atoms with Crippen LogP contribution in [-0.2, 0) is 25.7 Å². The number of fused-ring (bicyclic) bond motifs is 4. The summed E-state index contributed by atoms with van der Waals surface area (Å²) in [5.74, 6) is 0.751. The summed E-state index contributed by atoms with van der Waals surface area (Å²) in [6, 6.07) is 11.2. The van der Waals surface area contributed by atoms with Gasteiger partial charge in [0, 0.05) is 16.0 Å². The number of aromatic nitrogens is 1. The van der Waals surface area contributed by atoms with Gasteiger partial charge in [0.05, 0.1) is 0 Å². The van der Waals surface area contributed by atoms with Crippen LogP contribution in [0.4, 0.5) is 0 Å². The zero-order valence-electron chi connectivity index (χ0n) is 17.5. The molecule has 0 amide bonds. The van der Waals surface area contributed by atoms with Crippen molar-refractivity contribution >= 4 is 21.6 Å². The van der Waals surface area contributed by atoms with Gasteiger partial charge in [-0.2, -0.15) is 0 Å². The zero-order valence-corrected chi connectivity index (χ0v) is 18.3. The number of hydrogen-bond acceptors (Lipinski definition) is 2. The number of hydrogen-bond donors (Lipinski definition) is 0. The Hall–Kier alpha value is -1.67. The topological polar surface area (TPSA) is 12.9 Å². The van der Waals surface area contributed by atoms with Crippen molar-refractivity contribution in [2.45, 2.75) is 72.1 Å². The molecule has 0 aliphatic heterocycles. The molecule has 146 valence electrons. The molecular weight excluding hydrogens is 358 g/mol.